The van der Waals surface area contributed by atoms with Crippen LogP contribution in [0.2, 0.25) is 0 Å². The molecule has 2 aromatic carbocycles. The molecule has 4 heterocycles. The van der Waals surface area contributed by atoms with Crippen LogP contribution in [-0.4, -0.2) is 48.0 Å². The largest absolute Gasteiger partial charge is 0.333 e. The SMILES string of the molecule is Cn1cnc(-c2ccc3c(c2)CN(C2CCC(=O)NC2=O)C3=O)c1-c1cccc(-n2cccn2)c1. The molecule has 2 aliphatic heterocycles. The first-order valence-corrected chi connectivity index (χ1v) is 11.4. The van der Waals surface area contributed by atoms with Crippen molar-refractivity contribution in [3.63, 3.8) is 0 Å². The quantitative estimate of drug-likeness (QED) is 0.466. The van der Waals surface area contributed by atoms with Gasteiger partial charge in [-0.05, 0) is 42.3 Å². The standard InChI is InChI=1S/C26H22N6O3/c1-30-15-27-23(24(30)17-4-2-5-19(13-17)32-11-3-10-28-32)16-6-7-20-18(12-16)14-31(26(20)35)21-8-9-22(33)29-25(21)34/h2-7,10-13,15,21H,8-9,14H2,1H3,(H,29,33,34). The molecule has 9 nitrogen and oxygen atoms in total. The molecule has 0 saturated carbocycles. The number of rotatable bonds is 4. The van der Waals surface area contributed by atoms with E-state index < -0.39 is 11.9 Å². The molecule has 1 atom stereocenters. The third-order valence-electron chi connectivity index (χ3n) is 6.62. The van der Waals surface area contributed by atoms with E-state index in [1.165, 1.54) is 0 Å². The van der Waals surface area contributed by atoms with Crippen LogP contribution >= 0.6 is 0 Å². The summed E-state index contributed by atoms with van der Waals surface area (Å²) in [6.07, 6.45) is 5.99. The van der Waals surface area contributed by atoms with Crippen LogP contribution in [0.15, 0.2) is 67.3 Å². The summed E-state index contributed by atoms with van der Waals surface area (Å²) in [6.45, 7) is 0.325. The molecule has 0 aliphatic carbocycles. The van der Waals surface area contributed by atoms with E-state index in [4.69, 9.17) is 0 Å². The second kappa shape index (κ2) is 8.05. The van der Waals surface area contributed by atoms with Gasteiger partial charge in [-0.2, -0.15) is 5.10 Å². The number of fused-ring (bicyclic) bond motifs is 1. The lowest BCUT2D eigenvalue weighted by Crippen LogP contribution is -2.52. The molecule has 174 valence electrons. The molecule has 0 bridgehead atoms. The maximum absolute atomic E-state index is 13.0. The molecule has 6 rings (SSSR count). The second-order valence-corrected chi connectivity index (χ2v) is 8.83. The molecule has 0 radical (unpaired) electrons. The molecule has 1 N–H and O–H groups in total. The number of carbonyl (C=O) groups excluding carboxylic acids is 3. The Kier molecular flexibility index (Phi) is 4.84. The van der Waals surface area contributed by atoms with E-state index in [0.29, 0.717) is 18.5 Å². The number of carbonyl (C=O) groups is 3. The van der Waals surface area contributed by atoms with Crippen molar-refractivity contribution in [2.45, 2.75) is 25.4 Å². The lowest BCUT2D eigenvalue weighted by Gasteiger charge is -2.29. The molecule has 1 fully saturated rings. The normalized spacial score (nSPS) is 17.6. The van der Waals surface area contributed by atoms with E-state index in [2.05, 4.69) is 21.5 Å². The van der Waals surface area contributed by atoms with E-state index in [9.17, 15) is 14.4 Å². The topological polar surface area (TPSA) is 102 Å². The van der Waals surface area contributed by atoms with Gasteiger partial charge in [0.15, 0.2) is 0 Å². The Morgan fingerprint density at radius 2 is 1.91 bits per heavy atom. The Labute approximate surface area is 201 Å². The van der Waals surface area contributed by atoms with E-state index in [0.717, 1.165) is 33.8 Å². The number of nitrogens with one attached hydrogen (secondary N) is 1. The number of imidazole rings is 1. The first kappa shape index (κ1) is 21.0. The fourth-order valence-electron chi connectivity index (χ4n) is 4.92. The van der Waals surface area contributed by atoms with Crippen LogP contribution in [0, 0.1) is 0 Å². The van der Waals surface area contributed by atoms with Gasteiger partial charge < -0.3 is 9.47 Å². The number of amides is 3. The van der Waals surface area contributed by atoms with Crippen LogP contribution in [-0.2, 0) is 23.2 Å². The van der Waals surface area contributed by atoms with Gasteiger partial charge in [0.2, 0.25) is 11.8 Å². The van der Waals surface area contributed by atoms with Crippen LogP contribution in [0.3, 0.4) is 0 Å². The summed E-state index contributed by atoms with van der Waals surface area (Å²) in [5, 5.41) is 6.67. The summed E-state index contributed by atoms with van der Waals surface area (Å²) >= 11 is 0. The molecular weight excluding hydrogens is 444 g/mol. The van der Waals surface area contributed by atoms with Gasteiger partial charge in [0.05, 0.1) is 23.4 Å². The average molecular weight is 467 g/mol. The molecule has 2 aromatic heterocycles. The van der Waals surface area contributed by atoms with Gasteiger partial charge in [-0.15, -0.1) is 0 Å². The van der Waals surface area contributed by atoms with Gasteiger partial charge in [0, 0.05) is 49.1 Å². The molecule has 1 saturated heterocycles. The molecule has 35 heavy (non-hydrogen) atoms. The Morgan fingerprint density at radius 1 is 1.03 bits per heavy atom. The number of aromatic nitrogens is 4. The van der Waals surface area contributed by atoms with Crippen LogP contribution < -0.4 is 5.32 Å². The summed E-state index contributed by atoms with van der Waals surface area (Å²) in [7, 11) is 1.95. The number of hydrogen-bond donors (Lipinski definition) is 1. The fraction of sp³-hybridized carbons (Fsp3) is 0.192. The molecule has 9 heteroatoms. The fourth-order valence-corrected chi connectivity index (χ4v) is 4.92. The van der Waals surface area contributed by atoms with E-state index in [1.54, 1.807) is 23.5 Å². The maximum Gasteiger partial charge on any atom is 0.255 e. The van der Waals surface area contributed by atoms with Crippen LogP contribution in [0.5, 0.6) is 0 Å². The molecule has 1 unspecified atom stereocenters. The highest BCUT2D eigenvalue weighted by atomic mass is 16.2. The van der Waals surface area contributed by atoms with Gasteiger partial charge in [0.25, 0.3) is 5.91 Å². The molecule has 0 spiro atoms. The Balaban J connectivity index is 1.35. The van der Waals surface area contributed by atoms with Gasteiger partial charge in [0.1, 0.15) is 6.04 Å². The van der Waals surface area contributed by atoms with Crippen molar-refractivity contribution in [1.29, 1.82) is 0 Å². The van der Waals surface area contributed by atoms with Crippen LogP contribution in [0.1, 0.15) is 28.8 Å². The highest BCUT2D eigenvalue weighted by Gasteiger charge is 2.39. The minimum atomic E-state index is -0.633. The second-order valence-electron chi connectivity index (χ2n) is 8.83. The van der Waals surface area contributed by atoms with Crippen LogP contribution in [0.4, 0.5) is 0 Å². The van der Waals surface area contributed by atoms with E-state index in [-0.39, 0.29) is 18.2 Å². The van der Waals surface area contributed by atoms with Crippen molar-refractivity contribution in [1.82, 2.24) is 29.5 Å². The molecule has 3 amide bonds. The Morgan fingerprint density at radius 3 is 2.71 bits per heavy atom. The predicted molar refractivity (Wildman–Crippen MR) is 127 cm³/mol. The van der Waals surface area contributed by atoms with Crippen molar-refractivity contribution < 1.29 is 14.4 Å². The lowest BCUT2D eigenvalue weighted by atomic mass is 10.0. The molecule has 4 aromatic rings. The first-order valence-electron chi connectivity index (χ1n) is 11.4. The molecule has 2 aliphatic rings. The summed E-state index contributed by atoms with van der Waals surface area (Å²) in [5.74, 6) is -0.891. The van der Waals surface area contributed by atoms with Crippen molar-refractivity contribution in [2.75, 3.05) is 0 Å². The third kappa shape index (κ3) is 3.52. The van der Waals surface area contributed by atoms with Crippen LogP contribution in [0.25, 0.3) is 28.2 Å². The lowest BCUT2D eigenvalue weighted by molar-refractivity contribution is -0.136. The monoisotopic (exact) mass is 466 g/mol. The summed E-state index contributed by atoms with van der Waals surface area (Å²) < 4.78 is 3.79. The smallest absolute Gasteiger partial charge is 0.255 e. The summed E-state index contributed by atoms with van der Waals surface area (Å²) in [5.41, 5.74) is 6.01. The number of aryl methyl sites for hydroxylation is 1. The zero-order chi connectivity index (χ0) is 24.1. The number of piperidine rings is 1. The zero-order valence-corrected chi connectivity index (χ0v) is 19.0. The van der Waals surface area contributed by atoms with Gasteiger partial charge in [-0.3, -0.25) is 19.7 Å². The van der Waals surface area contributed by atoms with Crippen molar-refractivity contribution in [3.05, 3.63) is 78.4 Å². The number of hydrogen-bond acceptors (Lipinski definition) is 5. The maximum atomic E-state index is 13.0. The number of nitrogens with zero attached hydrogens (tertiary/aromatic N) is 5. The molecular formula is C26H22N6O3. The van der Waals surface area contributed by atoms with Crippen molar-refractivity contribution in [3.8, 4) is 28.2 Å². The van der Waals surface area contributed by atoms with Crippen molar-refractivity contribution >= 4 is 17.7 Å². The Hall–Kier alpha value is -4.53. The van der Waals surface area contributed by atoms with E-state index in [1.807, 2.05) is 58.9 Å². The highest BCUT2D eigenvalue weighted by Crippen LogP contribution is 2.35. The van der Waals surface area contributed by atoms with E-state index >= 15 is 0 Å². The zero-order valence-electron chi connectivity index (χ0n) is 19.0. The summed E-state index contributed by atoms with van der Waals surface area (Å²) in [6, 6.07) is 15.0. The number of imide groups is 1. The average Bonchev–Trinajstić information content (AvgIpc) is 3.59. The summed E-state index contributed by atoms with van der Waals surface area (Å²) in [4.78, 5) is 43.1. The van der Waals surface area contributed by atoms with Gasteiger partial charge in [-0.1, -0.05) is 18.2 Å². The Bertz CT molecular complexity index is 1490. The first-order chi connectivity index (χ1) is 17.0. The van der Waals surface area contributed by atoms with Gasteiger partial charge in [-0.25, -0.2) is 9.67 Å². The van der Waals surface area contributed by atoms with Gasteiger partial charge >= 0.3 is 0 Å². The van der Waals surface area contributed by atoms with Crippen molar-refractivity contribution in [2.24, 2.45) is 7.05 Å². The minimum absolute atomic E-state index is 0.186. The third-order valence-corrected chi connectivity index (χ3v) is 6.62. The minimum Gasteiger partial charge on any atom is -0.333 e. The number of benzene rings is 2. The highest BCUT2D eigenvalue weighted by molar-refractivity contribution is 6.05. The predicted octanol–water partition coefficient (Wildman–Crippen LogP) is 2.70.